The van der Waals surface area contributed by atoms with Gasteiger partial charge in [0.05, 0.1) is 6.10 Å². The maximum Gasteiger partial charge on any atom is 0.0947 e. The first kappa shape index (κ1) is 12.3. The molecule has 0 amide bonds. The van der Waals surface area contributed by atoms with E-state index < -0.39 is 6.10 Å². The molecule has 0 spiro atoms. The molecule has 2 aromatic heterocycles. The molecule has 3 heteroatoms. The Labute approximate surface area is 106 Å². The van der Waals surface area contributed by atoms with Gasteiger partial charge in [-0.2, -0.15) is 0 Å². The highest BCUT2D eigenvalue weighted by Crippen LogP contribution is 2.34. The van der Waals surface area contributed by atoms with Crippen molar-refractivity contribution in [3.05, 3.63) is 52.0 Å². The first-order chi connectivity index (χ1) is 8.22. The second kappa shape index (κ2) is 5.43. The summed E-state index contributed by atoms with van der Waals surface area (Å²) in [5.74, 6) is 0.0985. The van der Waals surface area contributed by atoms with Crippen molar-refractivity contribution < 1.29 is 5.11 Å². The number of aliphatic hydroxyl groups excluding tert-OH is 1. The van der Waals surface area contributed by atoms with Crippen LogP contribution in [0.1, 0.15) is 41.2 Å². The van der Waals surface area contributed by atoms with Crippen molar-refractivity contribution in [2.24, 2.45) is 0 Å². The van der Waals surface area contributed by atoms with Gasteiger partial charge in [-0.3, -0.25) is 4.98 Å². The fraction of sp³-hybridized carbons (Fsp3) is 0.357. The molecule has 2 heterocycles. The van der Waals surface area contributed by atoms with E-state index in [1.54, 1.807) is 23.7 Å². The second-order valence-electron chi connectivity index (χ2n) is 4.17. The number of hydrogen-bond donors (Lipinski definition) is 1. The summed E-state index contributed by atoms with van der Waals surface area (Å²) in [6.45, 7) is 4.18. The normalized spacial score (nSPS) is 14.5. The van der Waals surface area contributed by atoms with Crippen molar-refractivity contribution in [3.8, 4) is 0 Å². The summed E-state index contributed by atoms with van der Waals surface area (Å²) >= 11 is 1.70. The Morgan fingerprint density at radius 3 is 2.53 bits per heavy atom. The molecule has 17 heavy (non-hydrogen) atoms. The van der Waals surface area contributed by atoms with Gasteiger partial charge in [0, 0.05) is 28.1 Å². The minimum Gasteiger partial charge on any atom is -0.387 e. The standard InChI is InChI=1S/C14H17NOS/c1-3-12-4-5-13(17-12)14(16)10(2)11-6-8-15-9-7-11/h4-10,14,16H,3H2,1-2H3. The van der Waals surface area contributed by atoms with Crippen molar-refractivity contribution in [2.75, 3.05) is 0 Å². The van der Waals surface area contributed by atoms with E-state index in [0.717, 1.165) is 16.9 Å². The summed E-state index contributed by atoms with van der Waals surface area (Å²) in [5.41, 5.74) is 1.12. The summed E-state index contributed by atoms with van der Waals surface area (Å²) in [7, 11) is 0. The number of hydrogen-bond acceptors (Lipinski definition) is 3. The van der Waals surface area contributed by atoms with E-state index in [0.29, 0.717) is 0 Å². The van der Waals surface area contributed by atoms with E-state index in [2.05, 4.69) is 18.0 Å². The third-order valence-corrected chi connectivity index (χ3v) is 4.33. The number of nitrogens with zero attached hydrogens (tertiary/aromatic N) is 1. The molecular formula is C14H17NOS. The Morgan fingerprint density at radius 2 is 1.94 bits per heavy atom. The number of thiophene rings is 1. The molecule has 0 saturated carbocycles. The van der Waals surface area contributed by atoms with E-state index in [1.807, 2.05) is 25.1 Å². The molecule has 0 aliphatic carbocycles. The van der Waals surface area contributed by atoms with Gasteiger partial charge < -0.3 is 5.11 Å². The number of rotatable bonds is 4. The third-order valence-electron chi connectivity index (χ3n) is 3.03. The summed E-state index contributed by atoms with van der Waals surface area (Å²) in [4.78, 5) is 6.37. The third kappa shape index (κ3) is 2.73. The maximum absolute atomic E-state index is 10.3. The van der Waals surface area contributed by atoms with Crippen LogP contribution < -0.4 is 0 Å². The van der Waals surface area contributed by atoms with Gasteiger partial charge in [-0.25, -0.2) is 0 Å². The van der Waals surface area contributed by atoms with E-state index in [4.69, 9.17) is 0 Å². The zero-order valence-electron chi connectivity index (χ0n) is 10.1. The molecule has 2 atom stereocenters. The van der Waals surface area contributed by atoms with Gasteiger partial charge in [0.1, 0.15) is 0 Å². The fourth-order valence-corrected chi connectivity index (χ4v) is 2.88. The van der Waals surface area contributed by atoms with Crippen LogP contribution in [-0.2, 0) is 6.42 Å². The molecule has 2 unspecified atom stereocenters. The van der Waals surface area contributed by atoms with Crippen molar-refractivity contribution in [2.45, 2.75) is 32.3 Å². The lowest BCUT2D eigenvalue weighted by Gasteiger charge is -2.17. The topological polar surface area (TPSA) is 33.1 Å². The quantitative estimate of drug-likeness (QED) is 0.896. The Balaban J connectivity index is 2.17. The largest absolute Gasteiger partial charge is 0.387 e. The van der Waals surface area contributed by atoms with E-state index in [9.17, 15) is 5.11 Å². The predicted octanol–water partition coefficient (Wildman–Crippen LogP) is 3.54. The average molecular weight is 247 g/mol. The predicted molar refractivity (Wildman–Crippen MR) is 71.3 cm³/mol. The van der Waals surface area contributed by atoms with Gasteiger partial charge in [-0.05, 0) is 36.2 Å². The van der Waals surface area contributed by atoms with Crippen LogP contribution >= 0.6 is 11.3 Å². The van der Waals surface area contributed by atoms with Gasteiger partial charge in [-0.15, -0.1) is 11.3 Å². The molecule has 1 N–H and O–H groups in total. The van der Waals surface area contributed by atoms with E-state index in [-0.39, 0.29) is 5.92 Å². The molecule has 0 aromatic carbocycles. The first-order valence-corrected chi connectivity index (χ1v) is 6.70. The number of aliphatic hydroxyl groups is 1. The average Bonchev–Trinajstić information content (AvgIpc) is 2.87. The number of aromatic nitrogens is 1. The molecule has 0 bridgehead atoms. The smallest absolute Gasteiger partial charge is 0.0947 e. The first-order valence-electron chi connectivity index (χ1n) is 5.89. The molecule has 0 saturated heterocycles. The van der Waals surface area contributed by atoms with Crippen LogP contribution in [0.4, 0.5) is 0 Å². The Hall–Kier alpha value is -1.19. The Morgan fingerprint density at radius 1 is 1.24 bits per heavy atom. The summed E-state index contributed by atoms with van der Waals surface area (Å²) in [6.07, 6.45) is 4.14. The van der Waals surface area contributed by atoms with Gasteiger partial charge in [0.2, 0.25) is 0 Å². The molecule has 2 rings (SSSR count). The van der Waals surface area contributed by atoms with Gasteiger partial charge in [0.15, 0.2) is 0 Å². The molecule has 90 valence electrons. The minimum atomic E-state index is -0.428. The summed E-state index contributed by atoms with van der Waals surface area (Å²) in [5, 5.41) is 10.3. The van der Waals surface area contributed by atoms with Crippen LogP contribution in [-0.4, -0.2) is 10.1 Å². The molecule has 2 nitrogen and oxygen atoms in total. The van der Waals surface area contributed by atoms with Crippen molar-refractivity contribution in [1.29, 1.82) is 0 Å². The molecule has 0 fully saturated rings. The zero-order chi connectivity index (χ0) is 12.3. The van der Waals surface area contributed by atoms with Crippen molar-refractivity contribution >= 4 is 11.3 Å². The van der Waals surface area contributed by atoms with Crippen LogP contribution in [0.3, 0.4) is 0 Å². The van der Waals surface area contributed by atoms with Gasteiger partial charge in [-0.1, -0.05) is 13.8 Å². The number of pyridine rings is 1. The molecule has 0 radical (unpaired) electrons. The van der Waals surface area contributed by atoms with Crippen LogP contribution in [0.2, 0.25) is 0 Å². The fourth-order valence-electron chi connectivity index (χ4n) is 1.84. The molecule has 0 aliphatic heterocycles. The lowest BCUT2D eigenvalue weighted by atomic mass is 9.95. The summed E-state index contributed by atoms with van der Waals surface area (Å²) in [6, 6.07) is 8.05. The highest BCUT2D eigenvalue weighted by atomic mass is 32.1. The van der Waals surface area contributed by atoms with Crippen molar-refractivity contribution in [3.63, 3.8) is 0 Å². The van der Waals surface area contributed by atoms with Gasteiger partial charge in [0.25, 0.3) is 0 Å². The van der Waals surface area contributed by atoms with Crippen molar-refractivity contribution in [1.82, 2.24) is 4.98 Å². The molecule has 2 aromatic rings. The van der Waals surface area contributed by atoms with Gasteiger partial charge >= 0.3 is 0 Å². The SMILES string of the molecule is CCc1ccc(C(O)C(C)c2ccncc2)s1. The van der Waals surface area contributed by atoms with E-state index >= 15 is 0 Å². The minimum absolute atomic E-state index is 0.0985. The summed E-state index contributed by atoms with van der Waals surface area (Å²) < 4.78 is 0. The van der Waals surface area contributed by atoms with Crippen LogP contribution in [0.15, 0.2) is 36.7 Å². The monoisotopic (exact) mass is 247 g/mol. The highest BCUT2D eigenvalue weighted by Gasteiger charge is 2.19. The lowest BCUT2D eigenvalue weighted by molar-refractivity contribution is 0.155. The number of aryl methyl sites for hydroxylation is 1. The second-order valence-corrected chi connectivity index (χ2v) is 5.37. The zero-order valence-corrected chi connectivity index (χ0v) is 10.9. The van der Waals surface area contributed by atoms with E-state index in [1.165, 1.54) is 4.88 Å². The Kier molecular flexibility index (Phi) is 3.92. The van der Waals surface area contributed by atoms with Crippen LogP contribution in [0, 0.1) is 0 Å². The van der Waals surface area contributed by atoms with Crippen LogP contribution in [0.5, 0.6) is 0 Å². The Bertz CT molecular complexity index is 466. The molecular weight excluding hydrogens is 230 g/mol. The maximum atomic E-state index is 10.3. The van der Waals surface area contributed by atoms with Crippen LogP contribution in [0.25, 0.3) is 0 Å². The lowest BCUT2D eigenvalue weighted by Crippen LogP contribution is -2.06. The highest BCUT2D eigenvalue weighted by molar-refractivity contribution is 7.12. The molecule has 0 aliphatic rings.